The van der Waals surface area contributed by atoms with E-state index in [1.165, 1.54) is 12.1 Å². The zero-order valence-electron chi connectivity index (χ0n) is 12.8. The Morgan fingerprint density at radius 3 is 2.57 bits per heavy atom. The van der Waals surface area contributed by atoms with Crippen LogP contribution in [-0.4, -0.2) is 59.7 Å². The number of nitrogens with zero attached hydrogens (tertiary/aromatic N) is 2. The third-order valence-corrected chi connectivity index (χ3v) is 4.40. The average Bonchev–Trinajstić information content (AvgIpc) is 2.49. The summed E-state index contributed by atoms with van der Waals surface area (Å²) >= 11 is 0. The minimum Gasteiger partial charge on any atom is -0.423 e. The molecule has 116 valence electrons. The van der Waals surface area contributed by atoms with Gasteiger partial charge in [0, 0.05) is 18.0 Å². The van der Waals surface area contributed by atoms with Crippen LogP contribution in [0, 0.1) is 5.82 Å². The van der Waals surface area contributed by atoms with Gasteiger partial charge in [0.2, 0.25) is 0 Å². The van der Waals surface area contributed by atoms with Crippen LogP contribution in [0.1, 0.15) is 25.3 Å². The third kappa shape index (κ3) is 4.26. The van der Waals surface area contributed by atoms with Crippen molar-refractivity contribution in [3.05, 3.63) is 29.6 Å². The van der Waals surface area contributed by atoms with E-state index in [-0.39, 0.29) is 5.46 Å². The first-order valence-corrected chi connectivity index (χ1v) is 7.58. The van der Waals surface area contributed by atoms with Crippen molar-refractivity contribution in [2.75, 3.05) is 26.7 Å². The minimum absolute atomic E-state index is 0.0540. The molecule has 1 aromatic carbocycles. The largest absolute Gasteiger partial charge is 0.491 e. The first-order chi connectivity index (χ1) is 10.0. The Kier molecular flexibility index (Phi) is 5.76. The van der Waals surface area contributed by atoms with Gasteiger partial charge in [-0.2, -0.15) is 0 Å². The van der Waals surface area contributed by atoms with E-state index in [4.69, 9.17) is 10.0 Å². The van der Waals surface area contributed by atoms with Gasteiger partial charge < -0.3 is 14.9 Å². The summed E-state index contributed by atoms with van der Waals surface area (Å²) in [5, 5.41) is 18.3. The number of rotatable bonds is 5. The number of halogens is 1. The molecule has 21 heavy (non-hydrogen) atoms. The highest BCUT2D eigenvalue weighted by Gasteiger charge is 2.22. The normalized spacial score (nSPS) is 17.4. The number of hydrogen-bond acceptors (Lipinski definition) is 4. The van der Waals surface area contributed by atoms with E-state index in [0.29, 0.717) is 12.6 Å². The molecule has 0 bridgehead atoms. The van der Waals surface area contributed by atoms with Crippen LogP contribution in [0.3, 0.4) is 0 Å². The summed E-state index contributed by atoms with van der Waals surface area (Å²) in [5.41, 5.74) is 0.849. The second-order valence-corrected chi connectivity index (χ2v) is 5.81. The Balaban J connectivity index is 1.96. The van der Waals surface area contributed by atoms with Crippen LogP contribution in [0.25, 0.3) is 0 Å². The maximum absolute atomic E-state index is 13.5. The van der Waals surface area contributed by atoms with Crippen LogP contribution in [0.2, 0.25) is 0 Å². The number of likely N-dealkylation sites (tertiary alicyclic amines) is 1. The van der Waals surface area contributed by atoms with Crippen molar-refractivity contribution >= 4 is 12.6 Å². The topological polar surface area (TPSA) is 46.9 Å². The summed E-state index contributed by atoms with van der Waals surface area (Å²) in [6, 6.07) is 5.08. The van der Waals surface area contributed by atoms with Gasteiger partial charge in [-0.3, -0.25) is 4.90 Å². The van der Waals surface area contributed by atoms with E-state index in [0.717, 1.165) is 38.0 Å². The van der Waals surface area contributed by atoms with Crippen LogP contribution >= 0.6 is 0 Å². The van der Waals surface area contributed by atoms with Gasteiger partial charge in [-0.25, -0.2) is 4.39 Å². The van der Waals surface area contributed by atoms with Crippen molar-refractivity contribution in [3.8, 4) is 0 Å². The highest BCUT2D eigenvalue weighted by molar-refractivity contribution is 6.58. The Hall–Kier alpha value is -0.945. The summed E-state index contributed by atoms with van der Waals surface area (Å²) < 4.78 is 13.5. The SMILES string of the molecule is CCN1CCC(N(C)Cc2ccc(F)c(B(O)O)c2)CC1. The molecule has 0 radical (unpaired) electrons. The van der Waals surface area contributed by atoms with Gasteiger partial charge >= 0.3 is 7.12 Å². The molecule has 2 N–H and O–H groups in total. The molecule has 4 nitrogen and oxygen atoms in total. The van der Waals surface area contributed by atoms with Crippen molar-refractivity contribution in [2.45, 2.75) is 32.4 Å². The average molecular weight is 294 g/mol. The molecule has 1 fully saturated rings. The fourth-order valence-corrected chi connectivity index (χ4v) is 2.98. The number of hydrogen-bond donors (Lipinski definition) is 2. The lowest BCUT2D eigenvalue weighted by Crippen LogP contribution is -2.43. The highest BCUT2D eigenvalue weighted by atomic mass is 19.1. The summed E-state index contributed by atoms with van der Waals surface area (Å²) in [4.78, 5) is 4.72. The molecular weight excluding hydrogens is 270 g/mol. The Morgan fingerprint density at radius 2 is 2.00 bits per heavy atom. The van der Waals surface area contributed by atoms with Crippen LogP contribution < -0.4 is 5.46 Å². The summed E-state index contributed by atoms with van der Waals surface area (Å²) in [6.45, 7) is 6.22. The molecule has 1 saturated heterocycles. The van der Waals surface area contributed by atoms with Crippen LogP contribution in [0.15, 0.2) is 18.2 Å². The zero-order valence-corrected chi connectivity index (χ0v) is 12.8. The summed E-state index contributed by atoms with van der Waals surface area (Å²) in [6.07, 6.45) is 2.28. The van der Waals surface area contributed by atoms with Crippen LogP contribution in [-0.2, 0) is 6.54 Å². The van der Waals surface area contributed by atoms with E-state index >= 15 is 0 Å². The zero-order chi connectivity index (χ0) is 15.4. The molecular formula is C15H24BFN2O2. The maximum atomic E-state index is 13.5. The molecule has 0 aliphatic carbocycles. The van der Waals surface area contributed by atoms with Crippen LogP contribution in [0.4, 0.5) is 4.39 Å². The predicted octanol–water partition coefficient (Wildman–Crippen LogP) is 0.422. The number of benzene rings is 1. The predicted molar refractivity (Wildman–Crippen MR) is 82.8 cm³/mol. The van der Waals surface area contributed by atoms with Gasteiger partial charge in [0.15, 0.2) is 0 Å². The van der Waals surface area contributed by atoms with Gasteiger partial charge in [-0.05, 0) is 51.2 Å². The molecule has 1 aliphatic heterocycles. The van der Waals surface area contributed by atoms with Crippen molar-refractivity contribution in [3.63, 3.8) is 0 Å². The maximum Gasteiger partial charge on any atom is 0.491 e. The van der Waals surface area contributed by atoms with Crippen LogP contribution in [0.5, 0.6) is 0 Å². The van der Waals surface area contributed by atoms with Crippen molar-refractivity contribution < 1.29 is 14.4 Å². The lowest BCUT2D eigenvalue weighted by Gasteiger charge is -2.36. The molecule has 0 unspecified atom stereocenters. The molecule has 2 rings (SSSR count). The molecule has 1 heterocycles. The standard InChI is InChI=1S/C15H24BFN2O2/c1-3-19-8-6-13(7-9-19)18(2)11-12-4-5-15(17)14(10-12)16(20)21/h4-5,10,13,20-21H,3,6-9,11H2,1-2H3. The minimum atomic E-state index is -1.76. The van der Waals surface area contributed by atoms with E-state index in [1.807, 2.05) is 0 Å². The van der Waals surface area contributed by atoms with Crippen molar-refractivity contribution in [1.29, 1.82) is 0 Å². The van der Waals surface area contributed by atoms with Gasteiger partial charge in [0.05, 0.1) is 0 Å². The molecule has 0 spiro atoms. The quantitative estimate of drug-likeness (QED) is 0.773. The fraction of sp³-hybridized carbons (Fsp3) is 0.600. The molecule has 0 saturated carbocycles. The van der Waals surface area contributed by atoms with Gasteiger partial charge in [0.1, 0.15) is 5.82 Å². The lowest BCUT2D eigenvalue weighted by molar-refractivity contribution is 0.127. The molecule has 1 aromatic rings. The Morgan fingerprint density at radius 1 is 1.33 bits per heavy atom. The van der Waals surface area contributed by atoms with E-state index in [1.54, 1.807) is 6.07 Å². The molecule has 0 amide bonds. The second-order valence-electron chi connectivity index (χ2n) is 5.81. The first kappa shape index (κ1) is 16.4. The number of piperidine rings is 1. The van der Waals surface area contributed by atoms with Crippen molar-refractivity contribution in [1.82, 2.24) is 9.80 Å². The van der Waals surface area contributed by atoms with E-state index in [2.05, 4.69) is 23.8 Å². The van der Waals surface area contributed by atoms with Crippen molar-refractivity contribution in [2.24, 2.45) is 0 Å². The molecule has 0 aromatic heterocycles. The Bertz CT molecular complexity index is 465. The molecule has 1 aliphatic rings. The Labute approximate surface area is 126 Å². The summed E-state index contributed by atoms with van der Waals surface area (Å²) in [7, 11) is 0.313. The monoisotopic (exact) mass is 294 g/mol. The highest BCUT2D eigenvalue weighted by Crippen LogP contribution is 2.17. The summed E-state index contributed by atoms with van der Waals surface area (Å²) in [5.74, 6) is -0.576. The van der Waals surface area contributed by atoms with E-state index in [9.17, 15) is 4.39 Å². The lowest BCUT2D eigenvalue weighted by atomic mass is 9.79. The second kappa shape index (κ2) is 7.36. The van der Waals surface area contributed by atoms with Gasteiger partial charge in [-0.1, -0.05) is 19.1 Å². The molecule has 0 atom stereocenters. The van der Waals surface area contributed by atoms with Gasteiger partial charge in [-0.15, -0.1) is 0 Å². The smallest absolute Gasteiger partial charge is 0.423 e. The molecule has 6 heteroatoms. The fourth-order valence-electron chi connectivity index (χ4n) is 2.98. The van der Waals surface area contributed by atoms with E-state index < -0.39 is 12.9 Å². The first-order valence-electron chi connectivity index (χ1n) is 7.58. The van der Waals surface area contributed by atoms with Gasteiger partial charge in [0.25, 0.3) is 0 Å². The third-order valence-electron chi connectivity index (χ3n) is 4.40.